The third kappa shape index (κ3) is 51.6. The van der Waals surface area contributed by atoms with Crippen LogP contribution >= 0.6 is 0 Å². The fourth-order valence-corrected chi connectivity index (χ4v) is 8.97. The van der Waals surface area contributed by atoms with Crippen LogP contribution in [-0.2, 0) is 14.3 Å². The molecule has 65 heavy (non-hydrogen) atoms. The molecule has 6 heteroatoms. The fourth-order valence-electron chi connectivity index (χ4n) is 8.97. The molecule has 0 bridgehead atoms. The molecule has 0 aliphatic heterocycles. The van der Waals surface area contributed by atoms with Gasteiger partial charge in [0.05, 0.1) is 25.4 Å². The standard InChI is InChI=1S/C59H113NO5/c1-3-5-7-9-11-13-15-16-17-18-19-20-21-22-25-28-32-35-39-43-47-51-57(62)56(55-61)60-58(63)52-48-44-40-36-33-29-26-23-24-27-30-34-38-42-46-50-54-65-59(64)53-49-45-41-37-31-14-12-10-8-6-4-2/h10,12,23,26,56-57,61-62H,3-9,11,13-22,24-25,27-55H2,1-2H3,(H,60,63)/b12-10-,26-23-. The van der Waals surface area contributed by atoms with Crippen molar-refractivity contribution in [1.29, 1.82) is 0 Å². The Kier molecular flexibility index (Phi) is 53.5. The number of carbonyl (C=O) groups excluding carboxylic acids is 2. The van der Waals surface area contributed by atoms with Gasteiger partial charge in [0.2, 0.25) is 5.91 Å². The van der Waals surface area contributed by atoms with E-state index in [1.807, 2.05) is 0 Å². The van der Waals surface area contributed by atoms with Gasteiger partial charge in [-0.1, -0.05) is 256 Å². The zero-order valence-corrected chi connectivity index (χ0v) is 43.7. The quantitative estimate of drug-likeness (QED) is 0.0321. The minimum atomic E-state index is -0.676. The van der Waals surface area contributed by atoms with Crippen LogP contribution in [0.15, 0.2) is 24.3 Å². The number of amides is 1. The van der Waals surface area contributed by atoms with E-state index in [2.05, 4.69) is 43.5 Å². The van der Waals surface area contributed by atoms with Crippen LogP contribution in [0.25, 0.3) is 0 Å². The first-order valence-corrected chi connectivity index (χ1v) is 29.1. The Hall–Kier alpha value is -1.66. The number of aliphatic hydroxyl groups excluding tert-OH is 2. The van der Waals surface area contributed by atoms with Crippen LogP contribution in [0.3, 0.4) is 0 Å². The average molecular weight is 917 g/mol. The number of rotatable bonds is 54. The van der Waals surface area contributed by atoms with Gasteiger partial charge < -0.3 is 20.3 Å². The van der Waals surface area contributed by atoms with Crippen molar-refractivity contribution in [3.05, 3.63) is 24.3 Å². The molecule has 0 spiro atoms. The van der Waals surface area contributed by atoms with Crippen LogP contribution in [-0.4, -0.2) is 47.4 Å². The first-order valence-electron chi connectivity index (χ1n) is 29.1. The van der Waals surface area contributed by atoms with Crippen LogP contribution in [0, 0.1) is 0 Å². The molecule has 0 aromatic rings. The number of esters is 1. The van der Waals surface area contributed by atoms with Crippen molar-refractivity contribution >= 4 is 11.9 Å². The van der Waals surface area contributed by atoms with E-state index < -0.39 is 12.1 Å². The van der Waals surface area contributed by atoms with Crippen molar-refractivity contribution in [3.63, 3.8) is 0 Å². The molecule has 0 aliphatic rings. The van der Waals surface area contributed by atoms with E-state index in [4.69, 9.17) is 4.74 Å². The molecule has 0 aromatic carbocycles. The minimum absolute atomic E-state index is 0.0135. The summed E-state index contributed by atoms with van der Waals surface area (Å²) in [6.07, 6.45) is 66.0. The van der Waals surface area contributed by atoms with Gasteiger partial charge in [-0.3, -0.25) is 9.59 Å². The van der Waals surface area contributed by atoms with E-state index in [-0.39, 0.29) is 18.5 Å². The Morgan fingerprint density at radius 3 is 1.14 bits per heavy atom. The lowest BCUT2D eigenvalue weighted by Gasteiger charge is -2.22. The lowest BCUT2D eigenvalue weighted by Crippen LogP contribution is -2.45. The van der Waals surface area contributed by atoms with E-state index >= 15 is 0 Å². The fraction of sp³-hybridized carbons (Fsp3) is 0.898. The van der Waals surface area contributed by atoms with Gasteiger partial charge in [0.25, 0.3) is 0 Å². The molecule has 0 aromatic heterocycles. The molecule has 0 heterocycles. The highest BCUT2D eigenvalue weighted by Crippen LogP contribution is 2.17. The normalized spacial score (nSPS) is 12.7. The third-order valence-electron chi connectivity index (χ3n) is 13.5. The summed E-state index contributed by atoms with van der Waals surface area (Å²) in [4.78, 5) is 24.5. The van der Waals surface area contributed by atoms with Crippen LogP contribution in [0.1, 0.15) is 316 Å². The third-order valence-corrected chi connectivity index (χ3v) is 13.5. The molecule has 0 saturated carbocycles. The molecule has 0 saturated heterocycles. The zero-order valence-electron chi connectivity index (χ0n) is 43.7. The maximum Gasteiger partial charge on any atom is 0.305 e. The van der Waals surface area contributed by atoms with E-state index in [0.29, 0.717) is 25.9 Å². The predicted octanol–water partition coefficient (Wildman–Crippen LogP) is 17.9. The molecule has 384 valence electrons. The van der Waals surface area contributed by atoms with Gasteiger partial charge in [0.15, 0.2) is 0 Å². The summed E-state index contributed by atoms with van der Waals surface area (Å²) < 4.78 is 5.44. The maximum absolute atomic E-state index is 12.5. The molecule has 0 aliphatic carbocycles. The van der Waals surface area contributed by atoms with E-state index in [1.165, 1.54) is 218 Å². The first kappa shape index (κ1) is 63.3. The molecule has 2 unspecified atom stereocenters. The van der Waals surface area contributed by atoms with Crippen LogP contribution in [0.5, 0.6) is 0 Å². The largest absolute Gasteiger partial charge is 0.466 e. The number of carbonyl (C=O) groups is 2. The second-order valence-corrected chi connectivity index (χ2v) is 20.0. The Balaban J connectivity index is 3.47. The highest BCUT2D eigenvalue weighted by molar-refractivity contribution is 5.76. The van der Waals surface area contributed by atoms with E-state index in [0.717, 1.165) is 64.2 Å². The van der Waals surface area contributed by atoms with Gasteiger partial charge in [-0.25, -0.2) is 0 Å². The number of allylic oxidation sites excluding steroid dienone is 4. The Bertz CT molecular complexity index is 1010. The molecule has 2 atom stereocenters. The lowest BCUT2D eigenvalue weighted by molar-refractivity contribution is -0.143. The summed E-state index contributed by atoms with van der Waals surface area (Å²) >= 11 is 0. The average Bonchev–Trinajstić information content (AvgIpc) is 3.31. The maximum atomic E-state index is 12.5. The molecular weight excluding hydrogens is 803 g/mol. The number of hydrogen-bond acceptors (Lipinski definition) is 5. The van der Waals surface area contributed by atoms with Crippen molar-refractivity contribution in [2.45, 2.75) is 328 Å². The van der Waals surface area contributed by atoms with Crippen molar-refractivity contribution in [2.75, 3.05) is 13.2 Å². The molecule has 0 rings (SSSR count). The molecule has 0 radical (unpaired) electrons. The summed E-state index contributed by atoms with van der Waals surface area (Å²) in [6.45, 7) is 4.90. The van der Waals surface area contributed by atoms with Gasteiger partial charge in [0, 0.05) is 12.8 Å². The molecule has 1 amide bonds. The van der Waals surface area contributed by atoms with Crippen molar-refractivity contribution in [1.82, 2.24) is 5.32 Å². The second kappa shape index (κ2) is 54.9. The van der Waals surface area contributed by atoms with Crippen LogP contribution < -0.4 is 5.32 Å². The number of aliphatic hydroxyl groups is 2. The highest BCUT2D eigenvalue weighted by Gasteiger charge is 2.20. The first-order chi connectivity index (χ1) is 32.0. The van der Waals surface area contributed by atoms with Crippen molar-refractivity contribution < 1.29 is 24.5 Å². The number of unbranched alkanes of at least 4 members (excludes halogenated alkanes) is 39. The van der Waals surface area contributed by atoms with Gasteiger partial charge in [-0.15, -0.1) is 0 Å². The smallest absolute Gasteiger partial charge is 0.305 e. The van der Waals surface area contributed by atoms with Gasteiger partial charge in [0.1, 0.15) is 0 Å². The molecule has 0 fully saturated rings. The van der Waals surface area contributed by atoms with E-state index in [1.54, 1.807) is 0 Å². The van der Waals surface area contributed by atoms with E-state index in [9.17, 15) is 19.8 Å². The van der Waals surface area contributed by atoms with Crippen molar-refractivity contribution in [3.8, 4) is 0 Å². The van der Waals surface area contributed by atoms with Crippen molar-refractivity contribution in [2.24, 2.45) is 0 Å². The van der Waals surface area contributed by atoms with Gasteiger partial charge in [-0.2, -0.15) is 0 Å². The summed E-state index contributed by atoms with van der Waals surface area (Å²) in [6, 6.07) is -0.554. The number of nitrogens with one attached hydrogen (secondary N) is 1. The number of ether oxygens (including phenoxy) is 1. The zero-order chi connectivity index (χ0) is 47.2. The second-order valence-electron chi connectivity index (χ2n) is 20.0. The minimum Gasteiger partial charge on any atom is -0.466 e. The SMILES string of the molecule is CCCC/C=C\CCCCCCCC(=O)OCCCCCCCCC/C=C\CCCCCCCC(=O)NC(CO)C(O)CCCCCCCCCCCCCCCCCCCCCCC. The summed E-state index contributed by atoms with van der Waals surface area (Å²) in [5.41, 5.74) is 0. The summed E-state index contributed by atoms with van der Waals surface area (Å²) in [7, 11) is 0. The molecular formula is C59H113NO5. The summed E-state index contributed by atoms with van der Waals surface area (Å²) in [5, 5.41) is 23.3. The Morgan fingerprint density at radius 1 is 0.415 bits per heavy atom. The topological polar surface area (TPSA) is 95.9 Å². The summed E-state index contributed by atoms with van der Waals surface area (Å²) in [5.74, 6) is -0.0632. The highest BCUT2D eigenvalue weighted by atomic mass is 16.5. The van der Waals surface area contributed by atoms with Gasteiger partial charge in [-0.05, 0) is 70.6 Å². The van der Waals surface area contributed by atoms with Crippen LogP contribution in [0.4, 0.5) is 0 Å². The molecule has 3 N–H and O–H groups in total. The Morgan fingerprint density at radius 2 is 0.738 bits per heavy atom. The lowest BCUT2D eigenvalue weighted by atomic mass is 10.0. The Labute approximate surface area is 405 Å². The van der Waals surface area contributed by atoms with Gasteiger partial charge >= 0.3 is 5.97 Å². The monoisotopic (exact) mass is 916 g/mol. The number of hydrogen-bond donors (Lipinski definition) is 3. The predicted molar refractivity (Wildman–Crippen MR) is 283 cm³/mol. The van der Waals surface area contributed by atoms with Crippen LogP contribution in [0.2, 0.25) is 0 Å². The molecule has 6 nitrogen and oxygen atoms in total.